The van der Waals surface area contributed by atoms with E-state index in [1.165, 1.54) is 23.0 Å². The van der Waals surface area contributed by atoms with Crippen LogP contribution in [0.4, 0.5) is 0 Å². The third-order valence-corrected chi connectivity index (χ3v) is 3.54. The minimum absolute atomic E-state index is 0.826. The minimum atomic E-state index is -0.826. The third-order valence-electron chi connectivity index (χ3n) is 3.54. The second kappa shape index (κ2) is 13.1. The molecule has 2 aliphatic rings. The van der Waals surface area contributed by atoms with Crippen molar-refractivity contribution >= 4 is 17.0 Å². The molecule has 2 aromatic carbocycles. The van der Waals surface area contributed by atoms with Gasteiger partial charge in [-0.05, 0) is 62.5 Å². The molecule has 122 valence electrons. The van der Waals surface area contributed by atoms with Crippen LogP contribution in [0.15, 0.2) is 60.7 Å². The first-order valence-electron chi connectivity index (χ1n) is 7.85. The molecule has 0 nitrogen and oxygen atoms in total. The average Bonchev–Trinajstić information content (AvgIpc) is 3.39. The van der Waals surface area contributed by atoms with Crippen LogP contribution < -0.4 is 0 Å². The molecule has 0 N–H and O–H groups in total. The predicted octanol–water partition coefficient (Wildman–Crippen LogP) is 6.26. The zero-order valence-corrected chi connectivity index (χ0v) is 17.6. The number of halogens is 2. The molecule has 0 amide bonds. The Morgan fingerprint density at radius 2 is 0.760 bits per heavy atom. The number of benzene rings is 2. The summed E-state index contributed by atoms with van der Waals surface area (Å²) >= 11 is -0.826. The quantitative estimate of drug-likeness (QED) is 0.513. The summed E-state index contributed by atoms with van der Waals surface area (Å²) in [4.78, 5) is 0. The van der Waals surface area contributed by atoms with E-state index in [1.54, 1.807) is 0 Å². The van der Waals surface area contributed by atoms with E-state index >= 15 is 0 Å². The molecule has 3 heteroatoms. The fraction of sp³-hybridized carbons (Fsp3) is 0. The molecule has 2 saturated carbocycles. The maximum absolute atomic E-state index is 4.93. The summed E-state index contributed by atoms with van der Waals surface area (Å²) < 4.78 is 0. The van der Waals surface area contributed by atoms with Crippen LogP contribution in [-0.4, -0.2) is 0 Å². The van der Waals surface area contributed by atoms with Gasteiger partial charge >= 0.3 is 37.9 Å². The van der Waals surface area contributed by atoms with E-state index in [1.807, 2.05) is 12.1 Å². The summed E-state index contributed by atoms with van der Waals surface area (Å²) in [6.45, 7) is 0. The molecule has 0 spiro atoms. The van der Waals surface area contributed by atoms with E-state index in [9.17, 15) is 0 Å². The molecule has 2 fully saturated rings. The van der Waals surface area contributed by atoms with Gasteiger partial charge in [-0.3, -0.25) is 0 Å². The van der Waals surface area contributed by atoms with E-state index in [0.29, 0.717) is 0 Å². The van der Waals surface area contributed by atoms with Gasteiger partial charge < -0.3 is 0 Å². The van der Waals surface area contributed by atoms with Gasteiger partial charge in [0, 0.05) is 11.8 Å². The van der Waals surface area contributed by atoms with Gasteiger partial charge in [0.05, 0.1) is 0 Å². The molecule has 2 aliphatic carbocycles. The van der Waals surface area contributed by atoms with Crippen LogP contribution in [0.5, 0.6) is 0 Å². The van der Waals surface area contributed by atoms with Gasteiger partial charge in [0.1, 0.15) is 0 Å². The zero-order valence-electron chi connectivity index (χ0n) is 13.6. The predicted molar refractivity (Wildman–Crippen MR) is 104 cm³/mol. The second-order valence-electron chi connectivity index (χ2n) is 5.15. The molecular formula is C22H18Cl2Zr+2. The fourth-order valence-corrected chi connectivity index (χ4v) is 2.39. The van der Waals surface area contributed by atoms with Gasteiger partial charge in [0.25, 0.3) is 0 Å². The fourth-order valence-electron chi connectivity index (χ4n) is 2.39. The summed E-state index contributed by atoms with van der Waals surface area (Å²) in [5, 5.41) is 0. The Kier molecular flexibility index (Phi) is 11.1. The monoisotopic (exact) mass is 442 g/mol. The summed E-state index contributed by atoms with van der Waals surface area (Å²) in [6.07, 6.45) is 16.7. The van der Waals surface area contributed by atoms with Crippen molar-refractivity contribution in [2.24, 2.45) is 0 Å². The first-order chi connectivity index (χ1) is 12.3. The van der Waals surface area contributed by atoms with E-state index in [4.69, 9.17) is 17.0 Å². The van der Waals surface area contributed by atoms with E-state index in [-0.39, 0.29) is 0 Å². The Morgan fingerprint density at radius 1 is 0.480 bits per heavy atom. The molecular weight excluding hydrogens is 426 g/mol. The van der Waals surface area contributed by atoms with Crippen LogP contribution in [0.2, 0.25) is 0 Å². The van der Waals surface area contributed by atoms with Crippen molar-refractivity contribution in [3.63, 3.8) is 0 Å². The Bertz CT molecular complexity index is 495. The Morgan fingerprint density at radius 3 is 1.04 bits per heavy atom. The van der Waals surface area contributed by atoms with Crippen LogP contribution in [0.25, 0.3) is 0 Å². The maximum atomic E-state index is 4.93. The normalized spacial score (nSPS) is 17.0. The summed E-state index contributed by atoms with van der Waals surface area (Å²) in [5.41, 5.74) is 2.58. The number of hydrogen-bond donors (Lipinski definition) is 0. The Balaban J connectivity index is 0.000000156. The van der Waals surface area contributed by atoms with Gasteiger partial charge in [-0.15, -0.1) is 0 Å². The molecule has 0 heterocycles. The second-order valence-corrected chi connectivity index (χ2v) is 8.88. The van der Waals surface area contributed by atoms with Crippen molar-refractivity contribution in [1.29, 1.82) is 0 Å². The topological polar surface area (TPSA) is 0 Å². The first-order valence-corrected chi connectivity index (χ1v) is 14.2. The molecule has 25 heavy (non-hydrogen) atoms. The molecule has 0 bridgehead atoms. The molecule has 0 aromatic heterocycles. The average molecular weight is 445 g/mol. The van der Waals surface area contributed by atoms with Gasteiger partial charge in [0.15, 0.2) is 0 Å². The van der Waals surface area contributed by atoms with Crippen molar-refractivity contribution in [3.8, 4) is 0 Å². The summed E-state index contributed by atoms with van der Waals surface area (Å²) in [5.74, 6) is 2.59. The van der Waals surface area contributed by atoms with E-state index in [2.05, 4.69) is 99.9 Å². The SMILES string of the molecule is [CH]1[CH][CH][C](c2ccccc2)[CH]1.[CH]1[CH][CH][C](c2ccccc2)[CH]1.[Cl][Zr+2][Cl]. The van der Waals surface area contributed by atoms with Gasteiger partial charge in [0.2, 0.25) is 0 Å². The standard InChI is InChI=1S/2C11H9.2ClH.Zr/c2*1-2-6-10(7-3-1)11-8-4-5-9-11;;;/h2*1-9H;2*1H;/q;;;;+4/p-2. The van der Waals surface area contributed by atoms with Crippen molar-refractivity contribution < 1.29 is 20.8 Å². The first kappa shape index (κ1) is 21.2. The third kappa shape index (κ3) is 7.98. The van der Waals surface area contributed by atoms with Gasteiger partial charge in [-0.25, -0.2) is 0 Å². The van der Waals surface area contributed by atoms with Crippen LogP contribution >= 0.6 is 17.0 Å². The summed E-state index contributed by atoms with van der Waals surface area (Å²) in [7, 11) is 9.87. The van der Waals surface area contributed by atoms with Gasteiger partial charge in [-0.1, -0.05) is 60.7 Å². The zero-order chi connectivity index (χ0) is 17.7. The van der Waals surface area contributed by atoms with Crippen LogP contribution in [0, 0.1) is 63.2 Å². The Hall–Kier alpha value is -0.0969. The van der Waals surface area contributed by atoms with Crippen molar-refractivity contribution in [2.45, 2.75) is 0 Å². The van der Waals surface area contributed by atoms with Crippen LogP contribution in [0.3, 0.4) is 0 Å². The number of hydrogen-bond acceptors (Lipinski definition) is 0. The molecule has 4 rings (SSSR count). The number of rotatable bonds is 2. The molecule has 0 unspecified atom stereocenters. The van der Waals surface area contributed by atoms with Crippen molar-refractivity contribution in [3.05, 3.63) is 135 Å². The molecule has 10 radical (unpaired) electrons. The van der Waals surface area contributed by atoms with Gasteiger partial charge in [-0.2, -0.15) is 0 Å². The van der Waals surface area contributed by atoms with Crippen molar-refractivity contribution in [1.82, 2.24) is 0 Å². The summed E-state index contributed by atoms with van der Waals surface area (Å²) in [6, 6.07) is 20.8. The van der Waals surface area contributed by atoms with Crippen LogP contribution in [0.1, 0.15) is 11.1 Å². The Labute approximate surface area is 172 Å². The van der Waals surface area contributed by atoms with E-state index < -0.39 is 20.8 Å². The molecule has 0 atom stereocenters. The van der Waals surface area contributed by atoms with E-state index in [0.717, 1.165) is 0 Å². The molecule has 2 aromatic rings. The van der Waals surface area contributed by atoms with Crippen LogP contribution in [-0.2, 0) is 20.8 Å². The molecule has 0 saturated heterocycles. The van der Waals surface area contributed by atoms with Crippen molar-refractivity contribution in [2.75, 3.05) is 0 Å². The molecule has 0 aliphatic heterocycles.